The van der Waals surface area contributed by atoms with Gasteiger partial charge in [0.1, 0.15) is 18.3 Å². The van der Waals surface area contributed by atoms with E-state index in [1.807, 2.05) is 0 Å². The highest BCUT2D eigenvalue weighted by atomic mass is 16.8. The highest BCUT2D eigenvalue weighted by molar-refractivity contribution is 5.89. The lowest BCUT2D eigenvalue weighted by molar-refractivity contribution is -0.236. The second-order valence-corrected chi connectivity index (χ2v) is 11.7. The van der Waals surface area contributed by atoms with Crippen LogP contribution in [0.3, 0.4) is 0 Å². The predicted molar refractivity (Wildman–Crippen MR) is 156 cm³/mol. The van der Waals surface area contributed by atoms with E-state index < -0.39 is 60.8 Å². The first-order valence-corrected chi connectivity index (χ1v) is 15.3. The summed E-state index contributed by atoms with van der Waals surface area (Å²) in [5, 5.41) is 23.9. The summed E-state index contributed by atoms with van der Waals surface area (Å²) in [6.45, 7) is 6.27. The van der Waals surface area contributed by atoms with E-state index in [2.05, 4.69) is 17.6 Å². The van der Waals surface area contributed by atoms with Crippen LogP contribution in [0.15, 0.2) is 24.3 Å². The molecule has 2 fully saturated rings. The maximum atomic E-state index is 12.8. The molecule has 0 aromatic heterocycles. The molecule has 2 aliphatic rings. The number of carbonyl (C=O) groups is 3. The number of carboxylic acids is 2. The molecule has 0 aliphatic carbocycles. The van der Waals surface area contributed by atoms with Gasteiger partial charge >= 0.3 is 18.0 Å². The summed E-state index contributed by atoms with van der Waals surface area (Å²) in [7, 11) is 0. The second-order valence-electron chi connectivity index (χ2n) is 11.7. The number of benzene rings is 1. The van der Waals surface area contributed by atoms with Gasteiger partial charge in [-0.1, -0.05) is 76.8 Å². The van der Waals surface area contributed by atoms with Crippen molar-refractivity contribution in [3.05, 3.63) is 29.8 Å². The first-order chi connectivity index (χ1) is 20.1. The number of anilines is 1. The topological polar surface area (TPSA) is 153 Å². The van der Waals surface area contributed by atoms with Gasteiger partial charge in [-0.25, -0.2) is 4.79 Å². The Morgan fingerprint density at radius 1 is 0.881 bits per heavy atom. The lowest BCUT2D eigenvalue weighted by atomic mass is 10.0. The molecule has 5 atom stereocenters. The summed E-state index contributed by atoms with van der Waals surface area (Å²) >= 11 is 0. The van der Waals surface area contributed by atoms with Crippen LogP contribution >= 0.6 is 0 Å². The van der Waals surface area contributed by atoms with Crippen LogP contribution in [0.4, 0.5) is 10.5 Å². The number of hydrogen-bond donors (Lipinski definition) is 4. The average molecular weight is 593 g/mol. The van der Waals surface area contributed by atoms with E-state index in [9.17, 15) is 19.5 Å². The number of rotatable bonds is 19. The van der Waals surface area contributed by atoms with Gasteiger partial charge in [0.25, 0.3) is 0 Å². The van der Waals surface area contributed by atoms with Crippen molar-refractivity contribution in [2.24, 2.45) is 0 Å². The Bertz CT molecular complexity index is 1000. The molecule has 236 valence electrons. The number of unbranched alkanes of at least 4 members (excludes halogenated alkanes) is 9. The molecule has 0 saturated carbocycles. The number of ether oxygens (including phenoxy) is 4. The van der Waals surface area contributed by atoms with Crippen molar-refractivity contribution >= 4 is 23.7 Å². The Labute approximate surface area is 248 Å². The maximum absolute atomic E-state index is 12.8. The fourth-order valence-electron chi connectivity index (χ4n) is 5.49. The van der Waals surface area contributed by atoms with Crippen LogP contribution in [0.1, 0.15) is 97.0 Å². The van der Waals surface area contributed by atoms with E-state index >= 15 is 0 Å². The standard InChI is InChI=1S/C31H48N2O9/c1-4-5-6-7-8-9-10-11-12-13-18-39-29-28-27(41-31(2,3)42-28)26(40-29)23(20-25(36)37)33-30(38)32-22-16-14-21(15-17-22)19-24(34)35/h14-17,23,26-29H,4-13,18-20H2,1-3H3,(H,34,35)(H,36,37)(H2,32,33,38)/t23-,26-,27+,28+,29+/m1/s1. The molecule has 1 aromatic carbocycles. The number of carboxylic acid groups (broad SMARTS) is 2. The zero-order chi connectivity index (χ0) is 30.5. The van der Waals surface area contributed by atoms with Crippen LogP contribution in [-0.2, 0) is 35.0 Å². The Balaban J connectivity index is 1.52. The predicted octanol–water partition coefficient (Wildman–Crippen LogP) is 5.46. The zero-order valence-corrected chi connectivity index (χ0v) is 25.1. The lowest BCUT2D eigenvalue weighted by Crippen LogP contribution is -2.51. The molecule has 2 aliphatic heterocycles. The van der Waals surface area contributed by atoms with Crippen molar-refractivity contribution in [1.82, 2.24) is 5.32 Å². The number of carbonyl (C=O) groups excluding carboxylic acids is 1. The average Bonchev–Trinajstić information content (AvgIpc) is 3.40. The molecule has 1 aromatic rings. The van der Waals surface area contributed by atoms with E-state index in [4.69, 9.17) is 24.1 Å². The Kier molecular flexibility index (Phi) is 13.5. The van der Waals surface area contributed by atoms with Gasteiger partial charge in [-0.05, 0) is 38.0 Å². The molecule has 11 nitrogen and oxygen atoms in total. The minimum Gasteiger partial charge on any atom is -0.481 e. The van der Waals surface area contributed by atoms with Crippen molar-refractivity contribution in [3.63, 3.8) is 0 Å². The summed E-state index contributed by atoms with van der Waals surface area (Å²) < 4.78 is 24.4. The van der Waals surface area contributed by atoms with Crippen molar-refractivity contribution in [3.8, 4) is 0 Å². The van der Waals surface area contributed by atoms with Gasteiger partial charge in [-0.2, -0.15) is 0 Å². The summed E-state index contributed by atoms with van der Waals surface area (Å²) in [5.74, 6) is -2.97. The fourth-order valence-corrected chi connectivity index (χ4v) is 5.49. The monoisotopic (exact) mass is 592 g/mol. The molecule has 2 saturated heterocycles. The second kappa shape index (κ2) is 16.8. The van der Waals surface area contributed by atoms with E-state index in [1.54, 1.807) is 38.1 Å². The van der Waals surface area contributed by atoms with Gasteiger partial charge in [0.15, 0.2) is 12.1 Å². The van der Waals surface area contributed by atoms with Crippen molar-refractivity contribution < 1.29 is 43.5 Å². The van der Waals surface area contributed by atoms with Gasteiger partial charge < -0.3 is 39.8 Å². The molecule has 0 spiro atoms. The summed E-state index contributed by atoms with van der Waals surface area (Å²) in [6, 6.07) is 4.82. The van der Waals surface area contributed by atoms with Crippen molar-refractivity contribution in [1.29, 1.82) is 0 Å². The summed E-state index contributed by atoms with van der Waals surface area (Å²) in [4.78, 5) is 35.5. The third-order valence-corrected chi connectivity index (χ3v) is 7.50. The number of urea groups is 1. The van der Waals surface area contributed by atoms with Gasteiger partial charge in [-0.15, -0.1) is 0 Å². The van der Waals surface area contributed by atoms with E-state index in [-0.39, 0.29) is 6.42 Å². The molecule has 4 N–H and O–H groups in total. The Hall–Kier alpha value is -2.73. The van der Waals surface area contributed by atoms with Crippen LogP contribution < -0.4 is 10.6 Å². The fraction of sp³-hybridized carbons (Fsp3) is 0.710. The molecule has 0 unspecified atom stereocenters. The summed E-state index contributed by atoms with van der Waals surface area (Å²) in [6.07, 6.45) is 8.85. The molecule has 2 amide bonds. The van der Waals surface area contributed by atoms with Crippen LogP contribution in [0.2, 0.25) is 0 Å². The molecule has 42 heavy (non-hydrogen) atoms. The largest absolute Gasteiger partial charge is 0.481 e. The molecule has 11 heteroatoms. The normalized spacial score (nSPS) is 23.3. The summed E-state index contributed by atoms with van der Waals surface area (Å²) in [5.41, 5.74) is 1.02. The van der Waals surface area contributed by atoms with Gasteiger partial charge in [0, 0.05) is 12.3 Å². The van der Waals surface area contributed by atoms with Crippen LogP contribution in [0, 0.1) is 0 Å². The lowest BCUT2D eigenvalue weighted by Gasteiger charge is -2.29. The minimum atomic E-state index is -1.11. The van der Waals surface area contributed by atoms with Crippen LogP contribution in [-0.4, -0.2) is 71.2 Å². The van der Waals surface area contributed by atoms with Crippen LogP contribution in [0.5, 0.6) is 0 Å². The number of fused-ring (bicyclic) bond motifs is 1. The smallest absolute Gasteiger partial charge is 0.319 e. The third-order valence-electron chi connectivity index (χ3n) is 7.50. The van der Waals surface area contributed by atoms with E-state index in [1.165, 1.54) is 44.9 Å². The first kappa shape index (κ1) is 33.8. The highest BCUT2D eigenvalue weighted by Gasteiger charge is 2.58. The Morgan fingerprint density at radius 2 is 1.48 bits per heavy atom. The van der Waals surface area contributed by atoms with E-state index in [0.717, 1.165) is 19.3 Å². The van der Waals surface area contributed by atoms with Gasteiger partial charge in [0.05, 0.1) is 18.9 Å². The molecule has 0 bridgehead atoms. The zero-order valence-electron chi connectivity index (χ0n) is 25.1. The SMILES string of the molecule is CCCCCCCCCCCCO[C@H]1O[C@H]([C@@H](CC(=O)O)NC(=O)Nc2ccc(CC(=O)O)cc2)[C@@H]2OC(C)(C)O[C@H]12. The van der Waals surface area contributed by atoms with Crippen molar-refractivity contribution in [2.45, 2.75) is 134 Å². The van der Waals surface area contributed by atoms with Gasteiger partial charge in [0.2, 0.25) is 0 Å². The van der Waals surface area contributed by atoms with E-state index in [0.29, 0.717) is 17.9 Å². The maximum Gasteiger partial charge on any atom is 0.319 e. The third kappa shape index (κ3) is 11.2. The molecule has 3 rings (SSSR count). The number of amides is 2. The number of aliphatic carboxylic acids is 2. The molecular weight excluding hydrogens is 544 g/mol. The number of nitrogens with one attached hydrogen (secondary N) is 2. The number of hydrogen-bond acceptors (Lipinski definition) is 7. The van der Waals surface area contributed by atoms with Gasteiger partial charge in [-0.3, -0.25) is 9.59 Å². The van der Waals surface area contributed by atoms with Crippen molar-refractivity contribution in [2.75, 3.05) is 11.9 Å². The molecular formula is C31H48N2O9. The van der Waals surface area contributed by atoms with Crippen LogP contribution in [0.25, 0.3) is 0 Å². The Morgan fingerprint density at radius 3 is 2.07 bits per heavy atom. The highest BCUT2D eigenvalue weighted by Crippen LogP contribution is 2.40. The first-order valence-electron chi connectivity index (χ1n) is 15.3. The molecule has 2 heterocycles. The molecule has 0 radical (unpaired) electrons. The quantitative estimate of drug-likeness (QED) is 0.153. The minimum absolute atomic E-state index is 0.129.